The molecule has 1 rings (SSSR count). The van der Waals surface area contributed by atoms with Gasteiger partial charge in [-0.1, -0.05) is 6.08 Å². The Kier molecular flexibility index (Phi) is 2.06. The van der Waals surface area contributed by atoms with Crippen molar-refractivity contribution >= 4 is 5.78 Å². The van der Waals surface area contributed by atoms with E-state index in [1.54, 1.807) is 19.1 Å². The summed E-state index contributed by atoms with van der Waals surface area (Å²) in [5, 5.41) is 9.54. The molecule has 12 heavy (non-hydrogen) atoms. The Morgan fingerprint density at radius 3 is 2.75 bits per heavy atom. The molecule has 3 heteroatoms. The molecule has 0 heterocycles. The van der Waals surface area contributed by atoms with Crippen LogP contribution in [0.3, 0.4) is 0 Å². The van der Waals surface area contributed by atoms with E-state index in [0.29, 0.717) is 5.70 Å². The predicted molar refractivity (Wildman–Crippen MR) is 46.2 cm³/mol. The van der Waals surface area contributed by atoms with Gasteiger partial charge in [-0.05, 0) is 26.0 Å². The fourth-order valence-electron chi connectivity index (χ4n) is 1.10. The predicted octanol–water partition coefficient (Wildman–Crippen LogP) is 0.355. The zero-order chi connectivity index (χ0) is 9.35. The highest BCUT2D eigenvalue weighted by atomic mass is 16.3. The maximum atomic E-state index is 11.2. The third kappa shape index (κ3) is 1.28. The van der Waals surface area contributed by atoms with Crippen LogP contribution in [0.15, 0.2) is 23.9 Å². The molecule has 0 radical (unpaired) electrons. The molecule has 0 saturated heterocycles. The number of carbonyl (C=O) groups is 1. The first kappa shape index (κ1) is 9.00. The lowest BCUT2D eigenvalue weighted by Crippen LogP contribution is -2.37. The zero-order valence-corrected chi connectivity index (χ0v) is 7.24. The van der Waals surface area contributed by atoms with Gasteiger partial charge in [0.25, 0.3) is 0 Å². The van der Waals surface area contributed by atoms with Gasteiger partial charge in [0.15, 0.2) is 0 Å². The van der Waals surface area contributed by atoms with Crippen molar-refractivity contribution in [2.24, 2.45) is 11.1 Å². The summed E-state index contributed by atoms with van der Waals surface area (Å²) in [7, 11) is 0. The van der Waals surface area contributed by atoms with E-state index < -0.39 is 11.5 Å². The molecular weight excluding hydrogens is 154 g/mol. The monoisotopic (exact) mass is 167 g/mol. The molecule has 0 bridgehead atoms. The van der Waals surface area contributed by atoms with Gasteiger partial charge in [-0.15, -0.1) is 0 Å². The van der Waals surface area contributed by atoms with Gasteiger partial charge < -0.3 is 10.8 Å². The molecule has 0 saturated carbocycles. The quantitative estimate of drug-likeness (QED) is 0.592. The maximum Gasteiger partial charge on any atom is 0.142 e. The number of hydrogen-bond acceptors (Lipinski definition) is 3. The molecule has 2 unspecified atom stereocenters. The van der Waals surface area contributed by atoms with Crippen molar-refractivity contribution in [3.05, 3.63) is 23.9 Å². The van der Waals surface area contributed by atoms with Gasteiger partial charge in [0.1, 0.15) is 5.78 Å². The zero-order valence-electron chi connectivity index (χ0n) is 7.24. The van der Waals surface area contributed by atoms with Gasteiger partial charge in [0.05, 0.1) is 11.5 Å². The van der Waals surface area contributed by atoms with Crippen LogP contribution < -0.4 is 5.73 Å². The molecule has 66 valence electrons. The topological polar surface area (TPSA) is 63.3 Å². The Morgan fingerprint density at radius 1 is 1.75 bits per heavy atom. The maximum absolute atomic E-state index is 11.2. The number of hydrogen-bond donors (Lipinski definition) is 2. The van der Waals surface area contributed by atoms with Gasteiger partial charge in [-0.25, -0.2) is 0 Å². The number of rotatable bonds is 1. The van der Waals surface area contributed by atoms with E-state index in [2.05, 4.69) is 0 Å². The summed E-state index contributed by atoms with van der Waals surface area (Å²) in [6, 6.07) is 0. The summed E-state index contributed by atoms with van der Waals surface area (Å²) >= 11 is 0. The molecule has 0 fully saturated rings. The van der Waals surface area contributed by atoms with Gasteiger partial charge in [-0.2, -0.15) is 0 Å². The lowest BCUT2D eigenvalue weighted by Gasteiger charge is -2.29. The van der Waals surface area contributed by atoms with E-state index in [4.69, 9.17) is 5.73 Å². The first-order chi connectivity index (χ1) is 5.47. The third-order valence-electron chi connectivity index (χ3n) is 2.35. The third-order valence-corrected chi connectivity index (χ3v) is 2.35. The lowest BCUT2D eigenvalue weighted by molar-refractivity contribution is -0.127. The first-order valence-corrected chi connectivity index (χ1v) is 3.82. The molecule has 0 aromatic carbocycles. The summed E-state index contributed by atoms with van der Waals surface area (Å²) in [5.41, 5.74) is 5.15. The van der Waals surface area contributed by atoms with Crippen LogP contribution in [0.5, 0.6) is 0 Å². The average molecular weight is 167 g/mol. The van der Waals surface area contributed by atoms with Gasteiger partial charge in [0.2, 0.25) is 0 Å². The molecule has 3 nitrogen and oxygen atoms in total. The summed E-state index contributed by atoms with van der Waals surface area (Å²) in [4.78, 5) is 11.2. The Morgan fingerprint density at radius 2 is 2.33 bits per heavy atom. The molecular formula is C9H13NO2. The summed E-state index contributed by atoms with van der Waals surface area (Å²) in [5.74, 6) is -0.0602. The second kappa shape index (κ2) is 2.75. The highest BCUT2D eigenvalue weighted by Gasteiger charge is 2.35. The van der Waals surface area contributed by atoms with Crippen molar-refractivity contribution in [2.45, 2.75) is 20.0 Å². The molecule has 3 N–H and O–H groups in total. The highest BCUT2D eigenvalue weighted by Crippen LogP contribution is 2.29. The molecule has 0 amide bonds. The fraction of sp³-hybridized carbons (Fsp3) is 0.444. The second-order valence-electron chi connectivity index (χ2n) is 3.28. The summed E-state index contributed by atoms with van der Waals surface area (Å²) < 4.78 is 0. The molecule has 0 aromatic rings. The van der Waals surface area contributed by atoms with Crippen LogP contribution in [0.1, 0.15) is 13.8 Å². The van der Waals surface area contributed by atoms with Crippen LogP contribution in [-0.2, 0) is 4.79 Å². The van der Waals surface area contributed by atoms with Crippen molar-refractivity contribution in [3.63, 3.8) is 0 Å². The minimum atomic E-state index is -0.806. The molecule has 0 spiro atoms. The van der Waals surface area contributed by atoms with Crippen molar-refractivity contribution < 1.29 is 9.90 Å². The Bertz CT molecular complexity index is 268. The molecule has 2 atom stereocenters. The van der Waals surface area contributed by atoms with Gasteiger partial charge in [0, 0.05) is 5.70 Å². The number of ketones is 1. The van der Waals surface area contributed by atoms with E-state index in [0.717, 1.165) is 0 Å². The number of carbonyl (C=O) groups excluding carboxylic acids is 1. The lowest BCUT2D eigenvalue weighted by atomic mass is 9.77. The standard InChI is InChI=1S/C9H13NO2/c1-6(11)9(2)4-3-7(10)5-8(9)12/h3-5,8,12H,10H2,1-2H3. The molecule has 0 aromatic heterocycles. The van der Waals surface area contributed by atoms with Gasteiger partial charge in [-0.3, -0.25) is 4.79 Å². The number of aliphatic hydroxyl groups excluding tert-OH is 1. The van der Waals surface area contributed by atoms with Crippen LogP contribution in [-0.4, -0.2) is 17.0 Å². The first-order valence-electron chi connectivity index (χ1n) is 3.82. The Balaban J connectivity index is 2.99. The average Bonchev–Trinajstić information content (AvgIpc) is 1.97. The van der Waals surface area contributed by atoms with Crippen LogP contribution in [0, 0.1) is 5.41 Å². The van der Waals surface area contributed by atoms with E-state index in [1.165, 1.54) is 13.0 Å². The second-order valence-corrected chi connectivity index (χ2v) is 3.28. The molecule has 1 aliphatic carbocycles. The minimum Gasteiger partial charge on any atom is -0.399 e. The van der Waals surface area contributed by atoms with E-state index in [-0.39, 0.29) is 5.78 Å². The summed E-state index contributed by atoms with van der Waals surface area (Å²) in [6.07, 6.45) is 3.98. The van der Waals surface area contributed by atoms with Crippen LogP contribution in [0.25, 0.3) is 0 Å². The number of nitrogens with two attached hydrogens (primary N) is 1. The minimum absolute atomic E-state index is 0.0602. The van der Waals surface area contributed by atoms with Crippen molar-refractivity contribution in [1.29, 1.82) is 0 Å². The Hall–Kier alpha value is -1.09. The fourth-order valence-corrected chi connectivity index (χ4v) is 1.10. The summed E-state index contributed by atoms with van der Waals surface area (Å²) in [6.45, 7) is 3.16. The highest BCUT2D eigenvalue weighted by molar-refractivity contribution is 5.85. The van der Waals surface area contributed by atoms with Crippen molar-refractivity contribution in [3.8, 4) is 0 Å². The number of Topliss-reactive ketones (excluding diaryl/α,β-unsaturated/α-hetero) is 1. The molecule has 0 aliphatic heterocycles. The normalized spacial score (nSPS) is 34.6. The largest absolute Gasteiger partial charge is 0.399 e. The van der Waals surface area contributed by atoms with E-state index in [9.17, 15) is 9.90 Å². The van der Waals surface area contributed by atoms with E-state index >= 15 is 0 Å². The number of aliphatic hydroxyl groups is 1. The SMILES string of the molecule is CC(=O)C1(C)C=CC(N)=CC1O. The number of allylic oxidation sites excluding steroid dienone is 1. The Labute approximate surface area is 71.6 Å². The molecule has 1 aliphatic rings. The van der Waals surface area contributed by atoms with Crippen molar-refractivity contribution in [1.82, 2.24) is 0 Å². The van der Waals surface area contributed by atoms with Crippen LogP contribution in [0.2, 0.25) is 0 Å². The smallest absolute Gasteiger partial charge is 0.142 e. The van der Waals surface area contributed by atoms with Crippen LogP contribution in [0.4, 0.5) is 0 Å². The van der Waals surface area contributed by atoms with Crippen LogP contribution >= 0.6 is 0 Å². The van der Waals surface area contributed by atoms with Crippen molar-refractivity contribution in [2.75, 3.05) is 0 Å². The van der Waals surface area contributed by atoms with Gasteiger partial charge >= 0.3 is 0 Å². The van der Waals surface area contributed by atoms with E-state index in [1.807, 2.05) is 0 Å².